The van der Waals surface area contributed by atoms with Crippen LogP contribution in [-0.2, 0) is 4.74 Å². The molecule has 0 radical (unpaired) electrons. The number of rotatable bonds is 33. The average molecular weight is 538 g/mol. The molecule has 0 heterocycles. The minimum absolute atomic E-state index is 0.895. The van der Waals surface area contributed by atoms with Crippen molar-refractivity contribution >= 4 is 0 Å². The summed E-state index contributed by atoms with van der Waals surface area (Å²) in [5.41, 5.74) is 0. The smallest absolute Gasteiger partial charge is 0.0466 e. The summed E-state index contributed by atoms with van der Waals surface area (Å²) in [7, 11) is 0. The average Bonchev–Trinajstić information content (AvgIpc) is 2.93. The number of nitrogens with one attached hydrogen (secondary N) is 1. The van der Waals surface area contributed by atoms with Gasteiger partial charge in [-0.1, -0.05) is 163 Å². The summed E-state index contributed by atoms with van der Waals surface area (Å²) in [6, 6.07) is 0. The van der Waals surface area contributed by atoms with Crippen molar-refractivity contribution in [3.05, 3.63) is 0 Å². The Morgan fingerprint density at radius 3 is 1.24 bits per heavy atom. The van der Waals surface area contributed by atoms with Gasteiger partial charge >= 0.3 is 0 Å². The fourth-order valence-electron chi connectivity index (χ4n) is 5.90. The first kappa shape index (κ1) is 37.9. The third-order valence-corrected chi connectivity index (χ3v) is 8.59. The second-order valence-electron chi connectivity index (χ2n) is 12.5. The molecule has 0 aliphatic heterocycles. The molecular formula is C36H75NO. The first-order chi connectivity index (χ1) is 18.8. The van der Waals surface area contributed by atoms with Gasteiger partial charge in [-0.3, -0.25) is 0 Å². The van der Waals surface area contributed by atoms with E-state index in [1.807, 2.05) is 0 Å². The lowest BCUT2D eigenvalue weighted by molar-refractivity contribution is 0.125. The Balaban J connectivity index is 3.81. The third kappa shape index (κ3) is 28.9. The van der Waals surface area contributed by atoms with E-state index in [4.69, 9.17) is 4.74 Å². The van der Waals surface area contributed by atoms with Crippen LogP contribution in [0.4, 0.5) is 0 Å². The minimum Gasteiger partial charge on any atom is -0.381 e. The maximum atomic E-state index is 6.00. The molecule has 0 aromatic carbocycles. The van der Waals surface area contributed by atoms with Gasteiger partial charge in [-0.2, -0.15) is 0 Å². The van der Waals surface area contributed by atoms with Gasteiger partial charge in [-0.15, -0.1) is 0 Å². The second kappa shape index (κ2) is 33.1. The summed E-state index contributed by atoms with van der Waals surface area (Å²) >= 11 is 0. The van der Waals surface area contributed by atoms with Crippen LogP contribution in [0.3, 0.4) is 0 Å². The predicted molar refractivity (Wildman–Crippen MR) is 173 cm³/mol. The Morgan fingerprint density at radius 1 is 0.395 bits per heavy atom. The summed E-state index contributed by atoms with van der Waals surface area (Å²) in [6.45, 7) is 13.6. The van der Waals surface area contributed by atoms with E-state index in [-0.39, 0.29) is 0 Å². The van der Waals surface area contributed by atoms with Crippen molar-refractivity contribution in [2.45, 2.75) is 195 Å². The SMILES string of the molecule is CCCCCCCC(CCCCCC)CNCCCCOCCCCC(CCCCCC)CCCCCC. The summed E-state index contributed by atoms with van der Waals surface area (Å²) in [5.74, 6) is 1.87. The van der Waals surface area contributed by atoms with E-state index in [9.17, 15) is 0 Å². The first-order valence-electron chi connectivity index (χ1n) is 18.1. The molecule has 0 amide bonds. The Bertz CT molecular complexity index is 400. The van der Waals surface area contributed by atoms with Crippen LogP contribution in [0, 0.1) is 11.8 Å². The molecule has 0 saturated carbocycles. The van der Waals surface area contributed by atoms with Crippen molar-refractivity contribution in [2.75, 3.05) is 26.3 Å². The molecule has 0 bridgehead atoms. The van der Waals surface area contributed by atoms with E-state index in [1.54, 1.807) is 0 Å². The summed E-state index contributed by atoms with van der Waals surface area (Å²) < 4.78 is 6.00. The van der Waals surface area contributed by atoms with Gasteiger partial charge in [0.2, 0.25) is 0 Å². The molecule has 0 aliphatic rings. The summed E-state index contributed by atoms with van der Waals surface area (Å²) in [6.07, 6.45) is 36.4. The molecule has 230 valence electrons. The molecular weight excluding hydrogens is 462 g/mol. The first-order valence-corrected chi connectivity index (χ1v) is 18.1. The van der Waals surface area contributed by atoms with E-state index in [0.29, 0.717) is 0 Å². The molecule has 0 rings (SSSR count). The van der Waals surface area contributed by atoms with E-state index in [0.717, 1.165) is 25.0 Å². The summed E-state index contributed by atoms with van der Waals surface area (Å²) in [4.78, 5) is 0. The van der Waals surface area contributed by atoms with Gasteiger partial charge in [0.15, 0.2) is 0 Å². The van der Waals surface area contributed by atoms with Gasteiger partial charge < -0.3 is 10.1 Å². The highest BCUT2D eigenvalue weighted by Crippen LogP contribution is 2.23. The second-order valence-corrected chi connectivity index (χ2v) is 12.5. The molecule has 1 unspecified atom stereocenters. The number of ether oxygens (including phenoxy) is 1. The molecule has 0 aromatic rings. The lowest BCUT2D eigenvalue weighted by Gasteiger charge is -2.18. The molecule has 1 atom stereocenters. The van der Waals surface area contributed by atoms with Gasteiger partial charge in [-0.05, 0) is 57.0 Å². The number of hydrogen-bond acceptors (Lipinski definition) is 2. The lowest BCUT2D eigenvalue weighted by Crippen LogP contribution is -2.24. The standard InChI is InChI=1S/C36H75NO/c1-5-9-13-17-21-30-36(29-20-16-12-8-4)34-37-31-23-25-33-38-32-24-22-28-35(26-18-14-10-6-2)27-19-15-11-7-3/h35-37H,5-34H2,1-4H3. The van der Waals surface area contributed by atoms with E-state index < -0.39 is 0 Å². The van der Waals surface area contributed by atoms with Crippen molar-refractivity contribution in [1.29, 1.82) is 0 Å². The fourth-order valence-corrected chi connectivity index (χ4v) is 5.90. The van der Waals surface area contributed by atoms with Crippen LogP contribution >= 0.6 is 0 Å². The van der Waals surface area contributed by atoms with E-state index >= 15 is 0 Å². The molecule has 38 heavy (non-hydrogen) atoms. The van der Waals surface area contributed by atoms with Crippen LogP contribution < -0.4 is 5.32 Å². The van der Waals surface area contributed by atoms with E-state index in [1.165, 1.54) is 180 Å². The van der Waals surface area contributed by atoms with Gasteiger partial charge in [-0.25, -0.2) is 0 Å². The Labute approximate surface area is 242 Å². The maximum Gasteiger partial charge on any atom is 0.0466 e. The number of unbranched alkanes of at least 4 members (excludes halogenated alkanes) is 15. The monoisotopic (exact) mass is 538 g/mol. The zero-order valence-electron chi connectivity index (χ0n) is 27.3. The third-order valence-electron chi connectivity index (χ3n) is 8.59. The maximum absolute atomic E-state index is 6.00. The van der Waals surface area contributed by atoms with Gasteiger partial charge in [0, 0.05) is 13.2 Å². The predicted octanol–water partition coefficient (Wildman–Crippen LogP) is 12.0. The van der Waals surface area contributed by atoms with Crippen molar-refractivity contribution in [3.8, 4) is 0 Å². The highest BCUT2D eigenvalue weighted by molar-refractivity contribution is 4.65. The molecule has 1 N–H and O–H groups in total. The van der Waals surface area contributed by atoms with Gasteiger partial charge in [0.1, 0.15) is 0 Å². The zero-order chi connectivity index (χ0) is 27.8. The highest BCUT2D eigenvalue weighted by atomic mass is 16.5. The molecule has 0 aliphatic carbocycles. The minimum atomic E-state index is 0.895. The molecule has 0 saturated heterocycles. The molecule has 0 fully saturated rings. The molecule has 0 aromatic heterocycles. The molecule has 2 nitrogen and oxygen atoms in total. The number of hydrogen-bond donors (Lipinski definition) is 1. The molecule has 2 heteroatoms. The van der Waals surface area contributed by atoms with E-state index in [2.05, 4.69) is 33.0 Å². The highest BCUT2D eigenvalue weighted by Gasteiger charge is 2.09. The largest absolute Gasteiger partial charge is 0.381 e. The van der Waals surface area contributed by atoms with Gasteiger partial charge in [0.05, 0.1) is 0 Å². The van der Waals surface area contributed by atoms with Crippen LogP contribution in [-0.4, -0.2) is 26.3 Å². The van der Waals surface area contributed by atoms with Crippen LogP contribution in [0.25, 0.3) is 0 Å². The zero-order valence-corrected chi connectivity index (χ0v) is 27.3. The lowest BCUT2D eigenvalue weighted by atomic mass is 9.90. The Kier molecular flexibility index (Phi) is 33.1. The normalized spacial score (nSPS) is 12.6. The summed E-state index contributed by atoms with van der Waals surface area (Å²) in [5, 5.41) is 3.80. The topological polar surface area (TPSA) is 21.3 Å². The Hall–Kier alpha value is -0.0800. The van der Waals surface area contributed by atoms with Crippen molar-refractivity contribution in [3.63, 3.8) is 0 Å². The Morgan fingerprint density at radius 2 is 0.763 bits per heavy atom. The van der Waals surface area contributed by atoms with Crippen LogP contribution in [0.2, 0.25) is 0 Å². The van der Waals surface area contributed by atoms with Crippen molar-refractivity contribution in [2.24, 2.45) is 11.8 Å². The van der Waals surface area contributed by atoms with Crippen molar-refractivity contribution < 1.29 is 4.74 Å². The van der Waals surface area contributed by atoms with Gasteiger partial charge in [0.25, 0.3) is 0 Å². The van der Waals surface area contributed by atoms with Crippen LogP contribution in [0.1, 0.15) is 195 Å². The fraction of sp³-hybridized carbons (Fsp3) is 1.00. The molecule has 0 spiro atoms. The quantitative estimate of drug-likeness (QED) is 0.0840. The van der Waals surface area contributed by atoms with Crippen molar-refractivity contribution in [1.82, 2.24) is 5.32 Å². The van der Waals surface area contributed by atoms with Crippen LogP contribution in [0.15, 0.2) is 0 Å². The van der Waals surface area contributed by atoms with Crippen LogP contribution in [0.5, 0.6) is 0 Å².